The summed E-state index contributed by atoms with van der Waals surface area (Å²) < 4.78 is 64.0. The third-order valence-electron chi connectivity index (χ3n) is 8.07. The lowest BCUT2D eigenvalue weighted by atomic mass is 9.87. The van der Waals surface area contributed by atoms with Gasteiger partial charge in [-0.1, -0.05) is 72.8 Å². The lowest BCUT2D eigenvalue weighted by Gasteiger charge is -2.41. The van der Waals surface area contributed by atoms with Crippen LogP contribution in [0.1, 0.15) is 39.0 Å². The quantitative estimate of drug-likeness (QED) is 0.115. The normalized spacial score (nSPS) is 15.3. The second-order valence-electron chi connectivity index (χ2n) is 10.7. The van der Waals surface area contributed by atoms with Crippen molar-refractivity contribution in [1.82, 2.24) is 0 Å². The van der Waals surface area contributed by atoms with Gasteiger partial charge in [-0.3, -0.25) is 4.79 Å². The van der Waals surface area contributed by atoms with Gasteiger partial charge in [-0.05, 0) is 36.4 Å². The van der Waals surface area contributed by atoms with E-state index >= 15 is 17.6 Å². The third kappa shape index (κ3) is 4.09. The zero-order valence-corrected chi connectivity index (χ0v) is 23.3. The molecule has 2 aliphatic rings. The summed E-state index contributed by atoms with van der Waals surface area (Å²) in [6.07, 6.45) is -1.91. The highest BCUT2D eigenvalue weighted by Gasteiger charge is 2.60. The van der Waals surface area contributed by atoms with Crippen molar-refractivity contribution in [1.29, 1.82) is 5.26 Å². The fraction of sp³-hybridized carbons (Fsp3) is 0.0833. The predicted molar refractivity (Wildman–Crippen MR) is 163 cm³/mol. The molecule has 1 aliphatic heterocycles. The number of hydrogen-bond donors (Lipinski definition) is 0. The zero-order chi connectivity index (χ0) is 31.5. The molecule has 1 aliphatic carbocycles. The minimum atomic E-state index is -4.17. The predicted octanol–water partition coefficient (Wildman–Crippen LogP) is 10.2. The summed E-state index contributed by atoms with van der Waals surface area (Å²) in [5, 5.41) is 10.5. The molecule has 7 rings (SSSR count). The summed E-state index contributed by atoms with van der Waals surface area (Å²) in [5.74, 6) is -9.36. The smallest absolute Gasteiger partial charge is 0.281 e. The average Bonchev–Trinajstić information content (AvgIpc) is 3.25. The number of rotatable bonds is 4. The van der Waals surface area contributed by atoms with Gasteiger partial charge in [0.1, 0.15) is 0 Å². The van der Waals surface area contributed by atoms with E-state index in [1.165, 1.54) is 29.2 Å². The van der Waals surface area contributed by atoms with Gasteiger partial charge in [-0.2, -0.15) is 5.26 Å². The summed E-state index contributed by atoms with van der Waals surface area (Å²) in [7, 11) is 0. The first-order valence-corrected chi connectivity index (χ1v) is 13.9. The van der Waals surface area contributed by atoms with Crippen LogP contribution in [0.3, 0.4) is 0 Å². The van der Waals surface area contributed by atoms with E-state index in [0.717, 1.165) is 5.69 Å². The topological polar surface area (TPSA) is 51.7 Å². The molecule has 0 radical (unpaired) electrons. The highest BCUT2D eigenvalue weighted by atomic mass is 19.3. The maximum Gasteiger partial charge on any atom is 0.281 e. The van der Waals surface area contributed by atoms with Crippen LogP contribution in [0.15, 0.2) is 109 Å². The summed E-state index contributed by atoms with van der Waals surface area (Å²) in [5.41, 5.74) is -2.67. The third-order valence-corrected chi connectivity index (χ3v) is 8.07. The molecule has 5 aromatic carbocycles. The number of halogens is 4. The molecule has 0 atom stereocenters. The van der Waals surface area contributed by atoms with Gasteiger partial charge in [0.25, 0.3) is 11.8 Å². The van der Waals surface area contributed by atoms with Crippen molar-refractivity contribution in [3.05, 3.63) is 148 Å². The molecule has 0 saturated heterocycles. The van der Waals surface area contributed by atoms with Crippen LogP contribution in [0, 0.1) is 17.9 Å². The zero-order valence-electron chi connectivity index (χ0n) is 23.3. The molecule has 45 heavy (non-hydrogen) atoms. The number of nitrogens with zero attached hydrogens (tertiary/aromatic N) is 4. The highest BCUT2D eigenvalue weighted by Crippen LogP contribution is 2.64. The standard InChI is InChI=1S/C36H20F4N4O/c1-42-32-24(20-41)33(31-30(35(37,38)21-36(31,39)40)29(32)34(45)22-12-4-2-5-13-22)44-27-18-10-8-16-25(27)43(23-14-6-3-7-15-23)26-17-9-11-19-28(26)44/h2-19H,21H2. The SMILES string of the molecule is [C-]#[N+]c1c(C#N)c(N2c3ccccc3N(c3ccccc3)c3ccccc32)c2c(c1C(=O)c1ccccc1)C(F)(F)CC2(F)F. The van der Waals surface area contributed by atoms with Gasteiger partial charge in [-0.25, -0.2) is 22.4 Å². The van der Waals surface area contributed by atoms with E-state index in [1.54, 1.807) is 54.6 Å². The number of alkyl halides is 4. The second kappa shape index (κ2) is 10.1. The number of ketones is 1. The Morgan fingerprint density at radius 1 is 0.711 bits per heavy atom. The van der Waals surface area contributed by atoms with Gasteiger partial charge in [0.15, 0.2) is 5.78 Å². The van der Waals surface area contributed by atoms with Gasteiger partial charge < -0.3 is 9.80 Å². The number of carbonyl (C=O) groups excluding carboxylic acids is 1. The average molecular weight is 601 g/mol. The van der Waals surface area contributed by atoms with E-state index in [9.17, 15) is 10.1 Å². The number of para-hydroxylation sites is 5. The molecule has 5 nitrogen and oxygen atoms in total. The number of anilines is 6. The molecule has 0 bridgehead atoms. The van der Waals surface area contributed by atoms with Crippen molar-refractivity contribution < 1.29 is 22.4 Å². The fourth-order valence-corrected chi connectivity index (χ4v) is 6.34. The van der Waals surface area contributed by atoms with Gasteiger partial charge >= 0.3 is 0 Å². The molecule has 218 valence electrons. The lowest BCUT2D eigenvalue weighted by Crippen LogP contribution is -2.27. The van der Waals surface area contributed by atoms with Crippen LogP contribution in [-0.2, 0) is 11.8 Å². The van der Waals surface area contributed by atoms with Crippen LogP contribution in [-0.4, -0.2) is 5.78 Å². The van der Waals surface area contributed by atoms with Crippen LogP contribution >= 0.6 is 0 Å². The maximum atomic E-state index is 16.1. The molecular weight excluding hydrogens is 580 g/mol. The Bertz CT molecular complexity index is 2050. The summed E-state index contributed by atoms with van der Waals surface area (Å²) in [6.45, 7) is 7.98. The molecular formula is C36H20F4N4O. The van der Waals surface area contributed by atoms with E-state index in [0.29, 0.717) is 22.7 Å². The first-order valence-electron chi connectivity index (χ1n) is 13.9. The lowest BCUT2D eigenvalue weighted by molar-refractivity contribution is -0.0923. The van der Waals surface area contributed by atoms with Crippen molar-refractivity contribution in [3.63, 3.8) is 0 Å². The minimum Gasteiger partial charge on any atom is -0.306 e. The largest absolute Gasteiger partial charge is 0.306 e. The number of hydrogen-bond acceptors (Lipinski definition) is 4. The van der Waals surface area contributed by atoms with Crippen molar-refractivity contribution in [2.75, 3.05) is 9.80 Å². The van der Waals surface area contributed by atoms with Gasteiger partial charge in [0, 0.05) is 22.4 Å². The van der Waals surface area contributed by atoms with Gasteiger partial charge in [0.05, 0.1) is 58.6 Å². The Morgan fingerprint density at radius 2 is 1.18 bits per heavy atom. The van der Waals surface area contributed by atoms with Crippen LogP contribution in [0.5, 0.6) is 0 Å². The monoisotopic (exact) mass is 600 g/mol. The molecule has 0 fully saturated rings. The maximum absolute atomic E-state index is 16.1. The van der Waals surface area contributed by atoms with Crippen LogP contribution in [0.25, 0.3) is 4.85 Å². The van der Waals surface area contributed by atoms with E-state index in [4.69, 9.17) is 6.57 Å². The Balaban J connectivity index is 1.62. The molecule has 0 saturated carbocycles. The Kier molecular flexibility index (Phi) is 6.24. The van der Waals surface area contributed by atoms with E-state index in [2.05, 4.69) is 4.85 Å². The van der Waals surface area contributed by atoms with E-state index in [-0.39, 0.29) is 5.56 Å². The van der Waals surface area contributed by atoms with Gasteiger partial charge in [0.2, 0.25) is 5.69 Å². The minimum absolute atomic E-state index is 0.0700. The molecule has 0 spiro atoms. The fourth-order valence-electron chi connectivity index (χ4n) is 6.34. The number of fused-ring (bicyclic) bond motifs is 3. The first kappa shape index (κ1) is 27.9. The van der Waals surface area contributed by atoms with Crippen LogP contribution < -0.4 is 9.80 Å². The summed E-state index contributed by atoms with van der Waals surface area (Å²) >= 11 is 0. The molecule has 0 N–H and O–H groups in total. The molecule has 9 heteroatoms. The molecule has 0 aromatic heterocycles. The second-order valence-corrected chi connectivity index (χ2v) is 10.7. The molecule has 0 amide bonds. The number of benzene rings is 5. The Hall–Kier alpha value is -5.93. The first-order chi connectivity index (χ1) is 21.7. The Labute approximate surface area is 255 Å². The van der Waals surface area contributed by atoms with Crippen LogP contribution in [0.4, 0.5) is 57.4 Å². The number of carbonyl (C=O) groups is 1. The van der Waals surface area contributed by atoms with E-state index in [1.807, 2.05) is 41.3 Å². The molecule has 1 heterocycles. The molecule has 5 aromatic rings. The summed E-state index contributed by atoms with van der Waals surface area (Å²) in [6, 6.07) is 32.1. The summed E-state index contributed by atoms with van der Waals surface area (Å²) in [4.78, 5) is 20.4. The Morgan fingerprint density at radius 3 is 1.69 bits per heavy atom. The van der Waals surface area contributed by atoms with Gasteiger partial charge in [-0.15, -0.1) is 0 Å². The van der Waals surface area contributed by atoms with Crippen molar-refractivity contribution in [3.8, 4) is 6.07 Å². The highest BCUT2D eigenvalue weighted by molar-refractivity contribution is 6.16. The number of nitriles is 1. The van der Waals surface area contributed by atoms with E-state index < -0.39 is 57.7 Å². The van der Waals surface area contributed by atoms with Crippen molar-refractivity contribution >= 4 is 45.6 Å². The van der Waals surface area contributed by atoms with Crippen LogP contribution in [0.2, 0.25) is 0 Å². The van der Waals surface area contributed by atoms with Crippen molar-refractivity contribution in [2.45, 2.75) is 18.3 Å². The molecule has 0 unspecified atom stereocenters. The van der Waals surface area contributed by atoms with Crippen molar-refractivity contribution in [2.24, 2.45) is 0 Å².